The van der Waals surface area contributed by atoms with Crippen LogP contribution in [-0.2, 0) is 0 Å². The Kier molecular flexibility index (Phi) is 1.91. The largest absolute Gasteiger partial charge is 0.382 e. The molecule has 5 heteroatoms. The van der Waals surface area contributed by atoms with Gasteiger partial charge in [0.15, 0.2) is 5.84 Å². The predicted octanol–water partition coefficient (Wildman–Crippen LogP) is -1.05. The molecule has 0 bridgehead atoms. The predicted molar refractivity (Wildman–Crippen MR) is 42.0 cm³/mol. The highest BCUT2D eigenvalue weighted by Crippen LogP contribution is 1.89. The van der Waals surface area contributed by atoms with Gasteiger partial charge in [0.05, 0.1) is 0 Å². The topological polar surface area (TPSA) is 97.3 Å². The van der Waals surface area contributed by atoms with Crippen molar-refractivity contribution in [3.05, 3.63) is 34.2 Å². The molecule has 0 saturated carbocycles. The van der Waals surface area contributed by atoms with Gasteiger partial charge in [-0.1, -0.05) is 0 Å². The lowest BCUT2D eigenvalue weighted by molar-refractivity contribution is 1.20. The molecule has 1 aromatic rings. The average molecular weight is 152 g/mol. The van der Waals surface area contributed by atoms with Crippen LogP contribution in [0.4, 0.5) is 0 Å². The van der Waals surface area contributed by atoms with E-state index in [9.17, 15) is 4.79 Å². The first-order chi connectivity index (χ1) is 5.24. The van der Waals surface area contributed by atoms with E-state index >= 15 is 0 Å². The van der Waals surface area contributed by atoms with Crippen LogP contribution in [0.1, 0.15) is 5.56 Å². The van der Waals surface area contributed by atoms with Crippen LogP contribution in [0.25, 0.3) is 0 Å². The van der Waals surface area contributed by atoms with E-state index in [1.165, 1.54) is 12.3 Å². The van der Waals surface area contributed by atoms with Gasteiger partial charge < -0.3 is 16.6 Å². The zero-order valence-corrected chi connectivity index (χ0v) is 5.74. The van der Waals surface area contributed by atoms with Crippen LogP contribution < -0.4 is 17.1 Å². The minimum atomic E-state index is -0.228. The molecule has 1 rings (SSSR count). The van der Waals surface area contributed by atoms with Crippen LogP contribution in [0.5, 0.6) is 0 Å². The standard InChI is InChI=1S/C6H8N4O/c7-6(10-8)4-1-2-9-5(11)3-4/h1-3H,8H2,(H2,7,10)(H,9,11). The number of hydrazone groups is 1. The van der Waals surface area contributed by atoms with Crippen molar-refractivity contribution in [1.29, 1.82) is 0 Å². The summed E-state index contributed by atoms with van der Waals surface area (Å²) in [7, 11) is 0. The summed E-state index contributed by atoms with van der Waals surface area (Å²) in [6, 6.07) is 2.94. The monoisotopic (exact) mass is 152 g/mol. The van der Waals surface area contributed by atoms with Gasteiger partial charge >= 0.3 is 0 Å². The molecule has 0 saturated heterocycles. The highest BCUT2D eigenvalue weighted by atomic mass is 16.1. The van der Waals surface area contributed by atoms with Gasteiger partial charge in [0.25, 0.3) is 0 Å². The molecule has 5 nitrogen and oxygen atoms in total. The van der Waals surface area contributed by atoms with E-state index in [4.69, 9.17) is 11.6 Å². The highest BCUT2D eigenvalue weighted by molar-refractivity contribution is 5.96. The first-order valence-electron chi connectivity index (χ1n) is 2.96. The van der Waals surface area contributed by atoms with Crippen molar-refractivity contribution in [1.82, 2.24) is 4.98 Å². The fraction of sp³-hybridized carbons (Fsp3) is 0. The van der Waals surface area contributed by atoms with Gasteiger partial charge in [0.1, 0.15) is 0 Å². The first-order valence-corrected chi connectivity index (χ1v) is 2.96. The molecule has 0 radical (unpaired) electrons. The lowest BCUT2D eigenvalue weighted by atomic mass is 10.2. The van der Waals surface area contributed by atoms with Gasteiger partial charge in [-0.05, 0) is 6.07 Å². The lowest BCUT2D eigenvalue weighted by Gasteiger charge is -1.95. The number of hydrogen-bond acceptors (Lipinski definition) is 3. The van der Waals surface area contributed by atoms with Gasteiger partial charge in [-0.3, -0.25) is 4.79 Å². The molecular weight excluding hydrogens is 144 g/mol. The summed E-state index contributed by atoms with van der Waals surface area (Å²) in [6.45, 7) is 0. The van der Waals surface area contributed by atoms with E-state index in [1.807, 2.05) is 0 Å². The van der Waals surface area contributed by atoms with E-state index in [-0.39, 0.29) is 11.4 Å². The second-order valence-corrected chi connectivity index (χ2v) is 1.96. The summed E-state index contributed by atoms with van der Waals surface area (Å²) >= 11 is 0. The normalized spacial score (nSPS) is 11.5. The Bertz CT molecular complexity index is 327. The number of pyridine rings is 1. The van der Waals surface area contributed by atoms with Crippen molar-refractivity contribution in [3.63, 3.8) is 0 Å². The number of hydrogen-bond donors (Lipinski definition) is 3. The van der Waals surface area contributed by atoms with Crippen LogP contribution >= 0.6 is 0 Å². The van der Waals surface area contributed by atoms with Gasteiger partial charge in [-0.15, -0.1) is 0 Å². The summed E-state index contributed by atoms with van der Waals surface area (Å²) in [6.07, 6.45) is 1.48. The summed E-state index contributed by atoms with van der Waals surface area (Å²) in [4.78, 5) is 13.1. The van der Waals surface area contributed by atoms with Crippen molar-refractivity contribution in [2.75, 3.05) is 0 Å². The first kappa shape index (κ1) is 7.33. The Labute approximate surface area is 62.7 Å². The van der Waals surface area contributed by atoms with Gasteiger partial charge in [0.2, 0.25) is 5.56 Å². The molecule has 1 heterocycles. The number of aromatic amines is 1. The third kappa shape index (κ3) is 1.57. The van der Waals surface area contributed by atoms with E-state index in [0.717, 1.165) is 0 Å². The number of aromatic nitrogens is 1. The number of amidine groups is 1. The van der Waals surface area contributed by atoms with Crippen molar-refractivity contribution >= 4 is 5.84 Å². The van der Waals surface area contributed by atoms with E-state index in [2.05, 4.69) is 10.1 Å². The molecule has 0 aliphatic rings. The van der Waals surface area contributed by atoms with Crippen molar-refractivity contribution in [3.8, 4) is 0 Å². The van der Waals surface area contributed by atoms with Crippen molar-refractivity contribution < 1.29 is 0 Å². The van der Waals surface area contributed by atoms with Crippen molar-refractivity contribution in [2.24, 2.45) is 16.7 Å². The molecule has 0 aliphatic heterocycles. The Morgan fingerprint density at radius 1 is 1.64 bits per heavy atom. The maximum Gasteiger partial charge on any atom is 0.248 e. The summed E-state index contributed by atoms with van der Waals surface area (Å²) < 4.78 is 0. The third-order valence-electron chi connectivity index (χ3n) is 1.21. The number of rotatable bonds is 1. The fourth-order valence-electron chi connectivity index (χ4n) is 0.678. The van der Waals surface area contributed by atoms with E-state index < -0.39 is 0 Å². The molecule has 0 atom stereocenters. The second kappa shape index (κ2) is 2.87. The quantitative estimate of drug-likeness (QED) is 0.207. The Morgan fingerprint density at radius 3 is 2.91 bits per heavy atom. The maximum atomic E-state index is 10.7. The molecule has 5 N–H and O–H groups in total. The maximum absolute atomic E-state index is 10.7. The lowest BCUT2D eigenvalue weighted by Crippen LogP contribution is -2.18. The van der Waals surface area contributed by atoms with E-state index in [1.54, 1.807) is 6.07 Å². The van der Waals surface area contributed by atoms with Gasteiger partial charge in [0, 0.05) is 17.8 Å². The minimum Gasteiger partial charge on any atom is -0.382 e. The smallest absolute Gasteiger partial charge is 0.248 e. The molecule has 0 fully saturated rings. The number of H-pyrrole nitrogens is 1. The molecule has 11 heavy (non-hydrogen) atoms. The molecule has 0 amide bonds. The molecule has 0 spiro atoms. The molecular formula is C6H8N4O. The van der Waals surface area contributed by atoms with Gasteiger partial charge in [-0.2, -0.15) is 5.10 Å². The van der Waals surface area contributed by atoms with Crippen LogP contribution in [0.2, 0.25) is 0 Å². The fourth-order valence-corrected chi connectivity index (χ4v) is 0.678. The summed E-state index contributed by atoms with van der Waals surface area (Å²) in [5.41, 5.74) is 5.63. The average Bonchev–Trinajstić information content (AvgIpc) is 2.03. The Hall–Kier alpha value is -1.78. The molecule has 58 valence electrons. The molecule has 0 aromatic carbocycles. The number of nitrogens with zero attached hydrogens (tertiary/aromatic N) is 1. The number of nitrogens with one attached hydrogen (secondary N) is 1. The summed E-state index contributed by atoms with van der Waals surface area (Å²) in [5.74, 6) is 5.05. The Balaban J connectivity index is 3.16. The zero-order chi connectivity index (χ0) is 8.27. The minimum absolute atomic E-state index is 0.149. The van der Waals surface area contributed by atoms with Crippen LogP contribution in [0.15, 0.2) is 28.2 Å². The highest BCUT2D eigenvalue weighted by Gasteiger charge is 1.96. The van der Waals surface area contributed by atoms with Crippen LogP contribution in [-0.4, -0.2) is 10.8 Å². The SMILES string of the molecule is N/N=C(/N)c1cc[nH]c(=O)c1. The molecule has 0 aliphatic carbocycles. The van der Waals surface area contributed by atoms with Crippen molar-refractivity contribution in [2.45, 2.75) is 0 Å². The van der Waals surface area contributed by atoms with Crippen LogP contribution in [0, 0.1) is 0 Å². The van der Waals surface area contributed by atoms with E-state index in [0.29, 0.717) is 5.56 Å². The zero-order valence-electron chi connectivity index (χ0n) is 5.74. The summed E-state index contributed by atoms with van der Waals surface area (Å²) in [5, 5.41) is 3.24. The second-order valence-electron chi connectivity index (χ2n) is 1.96. The van der Waals surface area contributed by atoms with Gasteiger partial charge in [-0.25, -0.2) is 0 Å². The number of nitrogens with two attached hydrogens (primary N) is 2. The van der Waals surface area contributed by atoms with Crippen LogP contribution in [0.3, 0.4) is 0 Å². The third-order valence-corrected chi connectivity index (χ3v) is 1.21. The molecule has 1 aromatic heterocycles. The Morgan fingerprint density at radius 2 is 2.36 bits per heavy atom. The molecule has 0 unspecified atom stereocenters.